The number of nitrogens with two attached hydrogens (primary N) is 2. The molecule has 9 heteroatoms. The molecular weight excluding hydrogens is 286 g/mol. The SMILES string of the molecule is C=CC(=O)N1CCC(n2nc(C(N)=O)c3c(N)ncnc32)C1. The Morgan fingerprint density at radius 2 is 2.18 bits per heavy atom. The summed E-state index contributed by atoms with van der Waals surface area (Å²) in [6.07, 6.45) is 3.28. The first-order valence-electron chi connectivity index (χ1n) is 6.72. The highest BCUT2D eigenvalue weighted by molar-refractivity contribution is 6.06. The van der Waals surface area contributed by atoms with Gasteiger partial charge in [-0.05, 0) is 12.5 Å². The predicted octanol–water partition coefficient (Wildman–Crippen LogP) is -0.533. The summed E-state index contributed by atoms with van der Waals surface area (Å²) in [4.78, 5) is 33.0. The van der Waals surface area contributed by atoms with Gasteiger partial charge in [-0.3, -0.25) is 9.59 Å². The fourth-order valence-electron chi connectivity index (χ4n) is 2.69. The smallest absolute Gasteiger partial charge is 0.270 e. The monoisotopic (exact) mass is 301 g/mol. The number of carbonyl (C=O) groups excluding carboxylic acids is 2. The first kappa shape index (κ1) is 14.0. The van der Waals surface area contributed by atoms with Crippen LogP contribution in [-0.4, -0.2) is 49.6 Å². The zero-order valence-electron chi connectivity index (χ0n) is 11.8. The van der Waals surface area contributed by atoms with Gasteiger partial charge in [-0.2, -0.15) is 5.10 Å². The molecule has 0 radical (unpaired) electrons. The van der Waals surface area contributed by atoms with E-state index >= 15 is 0 Å². The topological polar surface area (TPSA) is 133 Å². The van der Waals surface area contributed by atoms with Crippen molar-refractivity contribution >= 4 is 28.7 Å². The molecule has 9 nitrogen and oxygen atoms in total. The number of nitrogen functional groups attached to an aromatic ring is 1. The van der Waals surface area contributed by atoms with Crippen molar-refractivity contribution in [2.75, 3.05) is 18.8 Å². The van der Waals surface area contributed by atoms with Crippen LogP contribution < -0.4 is 11.5 Å². The van der Waals surface area contributed by atoms with E-state index in [0.717, 1.165) is 0 Å². The number of rotatable bonds is 3. The Morgan fingerprint density at radius 1 is 1.41 bits per heavy atom. The summed E-state index contributed by atoms with van der Waals surface area (Å²) in [5, 5.41) is 4.60. The molecule has 3 rings (SSSR count). The van der Waals surface area contributed by atoms with Crippen LogP contribution in [0.1, 0.15) is 23.0 Å². The minimum Gasteiger partial charge on any atom is -0.383 e. The number of hydrogen-bond acceptors (Lipinski definition) is 6. The third-order valence-electron chi connectivity index (χ3n) is 3.75. The highest BCUT2D eigenvalue weighted by atomic mass is 16.2. The number of likely N-dealkylation sites (tertiary alicyclic amines) is 1. The van der Waals surface area contributed by atoms with Crippen LogP contribution in [0.5, 0.6) is 0 Å². The molecule has 0 aliphatic carbocycles. The Balaban J connectivity index is 2.05. The van der Waals surface area contributed by atoms with Gasteiger partial charge in [0.1, 0.15) is 12.1 Å². The number of nitrogens with zero attached hydrogens (tertiary/aromatic N) is 5. The maximum Gasteiger partial charge on any atom is 0.270 e. The van der Waals surface area contributed by atoms with Crippen molar-refractivity contribution in [1.82, 2.24) is 24.6 Å². The largest absolute Gasteiger partial charge is 0.383 e. The lowest BCUT2D eigenvalue weighted by molar-refractivity contribution is -0.125. The van der Waals surface area contributed by atoms with Crippen LogP contribution in [0.25, 0.3) is 11.0 Å². The van der Waals surface area contributed by atoms with E-state index in [-0.39, 0.29) is 23.5 Å². The lowest BCUT2D eigenvalue weighted by Gasteiger charge is -2.14. The summed E-state index contributed by atoms with van der Waals surface area (Å²) in [6.45, 7) is 4.53. The van der Waals surface area contributed by atoms with Gasteiger partial charge in [0, 0.05) is 13.1 Å². The second kappa shape index (κ2) is 5.10. The molecule has 2 aromatic rings. The molecule has 2 amide bonds. The number of carbonyl (C=O) groups is 2. The highest BCUT2D eigenvalue weighted by Gasteiger charge is 2.30. The summed E-state index contributed by atoms with van der Waals surface area (Å²) in [5.41, 5.74) is 11.7. The Morgan fingerprint density at radius 3 is 2.86 bits per heavy atom. The van der Waals surface area contributed by atoms with Gasteiger partial charge < -0.3 is 16.4 Å². The Kier molecular flexibility index (Phi) is 3.24. The fraction of sp³-hybridized carbons (Fsp3) is 0.308. The number of anilines is 1. The van der Waals surface area contributed by atoms with Crippen molar-refractivity contribution in [3.05, 3.63) is 24.7 Å². The summed E-state index contributed by atoms with van der Waals surface area (Å²) in [5.74, 6) is -0.674. The van der Waals surface area contributed by atoms with E-state index in [0.29, 0.717) is 30.5 Å². The first-order chi connectivity index (χ1) is 10.5. The molecule has 1 aliphatic rings. The molecule has 1 aliphatic heterocycles. The number of aromatic nitrogens is 4. The zero-order valence-corrected chi connectivity index (χ0v) is 11.8. The molecule has 1 atom stereocenters. The van der Waals surface area contributed by atoms with Gasteiger partial charge in [-0.25, -0.2) is 14.6 Å². The lowest BCUT2D eigenvalue weighted by atomic mass is 10.2. The van der Waals surface area contributed by atoms with E-state index in [1.165, 1.54) is 12.4 Å². The predicted molar refractivity (Wildman–Crippen MR) is 78.7 cm³/mol. The van der Waals surface area contributed by atoms with Crippen molar-refractivity contribution < 1.29 is 9.59 Å². The average Bonchev–Trinajstić information content (AvgIpc) is 3.11. The van der Waals surface area contributed by atoms with Crippen molar-refractivity contribution in [3.63, 3.8) is 0 Å². The Bertz CT molecular complexity index is 782. The molecule has 22 heavy (non-hydrogen) atoms. The van der Waals surface area contributed by atoms with Gasteiger partial charge in [0.2, 0.25) is 5.91 Å². The summed E-state index contributed by atoms with van der Waals surface area (Å²) in [7, 11) is 0. The maximum absolute atomic E-state index is 11.7. The van der Waals surface area contributed by atoms with E-state index in [2.05, 4.69) is 21.6 Å². The van der Waals surface area contributed by atoms with Crippen molar-refractivity contribution in [3.8, 4) is 0 Å². The van der Waals surface area contributed by atoms with E-state index in [1.807, 2.05) is 0 Å². The average molecular weight is 301 g/mol. The first-order valence-corrected chi connectivity index (χ1v) is 6.72. The Labute approximate surface area is 125 Å². The molecule has 3 heterocycles. The zero-order chi connectivity index (χ0) is 15.9. The van der Waals surface area contributed by atoms with Gasteiger partial charge in [-0.15, -0.1) is 0 Å². The maximum atomic E-state index is 11.7. The fourth-order valence-corrected chi connectivity index (χ4v) is 2.69. The highest BCUT2D eigenvalue weighted by Crippen LogP contribution is 2.28. The number of hydrogen-bond donors (Lipinski definition) is 2. The van der Waals surface area contributed by atoms with Gasteiger partial charge in [0.25, 0.3) is 5.91 Å². The van der Waals surface area contributed by atoms with Crippen molar-refractivity contribution in [2.45, 2.75) is 12.5 Å². The van der Waals surface area contributed by atoms with Gasteiger partial charge >= 0.3 is 0 Å². The second-order valence-electron chi connectivity index (χ2n) is 5.05. The van der Waals surface area contributed by atoms with Crippen LogP contribution >= 0.6 is 0 Å². The molecular formula is C13H15N7O2. The molecule has 1 fully saturated rings. The quantitative estimate of drug-likeness (QED) is 0.732. The van der Waals surface area contributed by atoms with Crippen LogP contribution in [-0.2, 0) is 4.79 Å². The summed E-state index contributed by atoms with van der Waals surface area (Å²) >= 11 is 0. The molecule has 1 unspecified atom stereocenters. The van der Waals surface area contributed by atoms with Crippen molar-refractivity contribution in [1.29, 1.82) is 0 Å². The minimum atomic E-state index is -0.692. The number of amides is 2. The van der Waals surface area contributed by atoms with E-state index < -0.39 is 5.91 Å². The van der Waals surface area contributed by atoms with Gasteiger partial charge in [0.05, 0.1) is 11.4 Å². The summed E-state index contributed by atoms with van der Waals surface area (Å²) < 4.78 is 1.60. The van der Waals surface area contributed by atoms with Crippen LogP contribution in [0.2, 0.25) is 0 Å². The standard InChI is InChI=1S/C13H15N7O2/c1-2-8(21)19-4-3-7(5-19)20-13-9(10(18-20)12(15)22)11(14)16-6-17-13/h2,6-7H,1,3-5H2,(H2,15,22)(H2,14,16,17). The minimum absolute atomic E-state index is 0.0431. The van der Waals surface area contributed by atoms with Crippen LogP contribution in [0, 0.1) is 0 Å². The number of fused-ring (bicyclic) bond motifs is 1. The third kappa shape index (κ3) is 2.07. The van der Waals surface area contributed by atoms with Gasteiger partial charge in [-0.1, -0.05) is 6.58 Å². The van der Waals surface area contributed by atoms with Crippen LogP contribution in [0.4, 0.5) is 5.82 Å². The molecule has 0 spiro atoms. The normalized spacial score (nSPS) is 17.8. The van der Waals surface area contributed by atoms with Crippen LogP contribution in [0.15, 0.2) is 19.0 Å². The van der Waals surface area contributed by atoms with Crippen LogP contribution in [0.3, 0.4) is 0 Å². The number of primary amides is 1. The van der Waals surface area contributed by atoms with E-state index in [9.17, 15) is 9.59 Å². The Hall–Kier alpha value is -2.97. The lowest BCUT2D eigenvalue weighted by Crippen LogP contribution is -2.27. The summed E-state index contributed by atoms with van der Waals surface area (Å²) in [6, 6.07) is -0.103. The van der Waals surface area contributed by atoms with E-state index in [1.54, 1.807) is 9.58 Å². The molecule has 114 valence electrons. The molecule has 1 saturated heterocycles. The van der Waals surface area contributed by atoms with Crippen molar-refractivity contribution in [2.24, 2.45) is 5.73 Å². The second-order valence-corrected chi connectivity index (χ2v) is 5.05. The molecule has 4 N–H and O–H groups in total. The van der Waals surface area contributed by atoms with E-state index in [4.69, 9.17) is 11.5 Å². The molecule has 2 aromatic heterocycles. The van der Waals surface area contributed by atoms with Gasteiger partial charge in [0.15, 0.2) is 11.3 Å². The third-order valence-corrected chi connectivity index (χ3v) is 3.75. The molecule has 0 aromatic carbocycles. The molecule has 0 saturated carbocycles. The molecule has 0 bridgehead atoms.